The second-order valence-corrected chi connectivity index (χ2v) is 5.54. The van der Waals surface area contributed by atoms with Gasteiger partial charge >= 0.3 is 18.2 Å². The third kappa shape index (κ3) is 5.27. The van der Waals surface area contributed by atoms with E-state index >= 15 is 0 Å². The second kappa shape index (κ2) is 6.25. The number of hydrogen-bond acceptors (Lipinski definition) is 3. The Morgan fingerprint density at radius 1 is 1.23 bits per heavy atom. The van der Waals surface area contributed by atoms with Crippen molar-refractivity contribution in [1.82, 2.24) is 5.32 Å². The van der Waals surface area contributed by atoms with Crippen molar-refractivity contribution in [2.45, 2.75) is 38.6 Å². The first-order valence-corrected chi connectivity index (χ1v) is 6.29. The van der Waals surface area contributed by atoms with Gasteiger partial charge < -0.3 is 15.2 Å². The van der Waals surface area contributed by atoms with E-state index in [0.717, 1.165) is 12.1 Å². The summed E-state index contributed by atoms with van der Waals surface area (Å²) >= 11 is 0. The molecule has 0 radical (unpaired) electrons. The Morgan fingerprint density at radius 2 is 1.82 bits per heavy atom. The molecule has 122 valence electrons. The summed E-state index contributed by atoms with van der Waals surface area (Å²) in [7, 11) is 0. The number of amides is 1. The number of halogens is 3. The monoisotopic (exact) mass is 319 g/mol. The number of benzene rings is 1. The van der Waals surface area contributed by atoms with Crippen LogP contribution in [0.25, 0.3) is 0 Å². The molecule has 1 aromatic rings. The minimum absolute atomic E-state index is 0.201. The summed E-state index contributed by atoms with van der Waals surface area (Å²) in [5.74, 6) is -1.50. The standard InChI is InChI=1S/C14H16F3NO4/c1-13(2,3)22-12(21)18-10(11(19)20)8-5-4-6-9(7-8)14(15,16)17/h4-7,10H,1-3H3,(H,18,21)(H,19,20)/t10-/m1/s1. The summed E-state index contributed by atoms with van der Waals surface area (Å²) in [5.41, 5.74) is -2.06. The van der Waals surface area contributed by atoms with Crippen LogP contribution in [-0.2, 0) is 15.7 Å². The third-order valence-electron chi connectivity index (χ3n) is 2.46. The van der Waals surface area contributed by atoms with Gasteiger partial charge in [0.15, 0.2) is 6.04 Å². The van der Waals surface area contributed by atoms with Crippen molar-refractivity contribution in [3.05, 3.63) is 35.4 Å². The highest BCUT2D eigenvalue weighted by atomic mass is 19.4. The van der Waals surface area contributed by atoms with E-state index < -0.39 is 35.4 Å². The van der Waals surface area contributed by atoms with Crippen molar-refractivity contribution in [1.29, 1.82) is 0 Å². The average Bonchev–Trinajstić information content (AvgIpc) is 2.32. The Hall–Kier alpha value is -2.25. The number of hydrogen-bond donors (Lipinski definition) is 2. The summed E-state index contributed by atoms with van der Waals surface area (Å²) < 4.78 is 42.9. The van der Waals surface area contributed by atoms with Crippen LogP contribution < -0.4 is 5.32 Å². The molecule has 0 aliphatic carbocycles. The molecule has 1 atom stereocenters. The van der Waals surface area contributed by atoms with Gasteiger partial charge in [0.05, 0.1) is 5.56 Å². The van der Waals surface area contributed by atoms with E-state index in [1.807, 2.05) is 5.32 Å². The molecule has 5 nitrogen and oxygen atoms in total. The van der Waals surface area contributed by atoms with Crippen LogP contribution in [0.5, 0.6) is 0 Å². The molecule has 2 N–H and O–H groups in total. The maximum Gasteiger partial charge on any atom is 0.416 e. The van der Waals surface area contributed by atoms with Crippen molar-refractivity contribution in [3.63, 3.8) is 0 Å². The van der Waals surface area contributed by atoms with E-state index in [-0.39, 0.29) is 5.56 Å². The van der Waals surface area contributed by atoms with Gasteiger partial charge in [0.25, 0.3) is 0 Å². The van der Waals surface area contributed by atoms with Gasteiger partial charge in [-0.25, -0.2) is 9.59 Å². The third-order valence-corrected chi connectivity index (χ3v) is 2.46. The number of aliphatic carboxylic acids is 1. The molecule has 0 spiro atoms. The number of alkyl carbamates (subject to hydrolysis) is 1. The molecule has 0 saturated carbocycles. The largest absolute Gasteiger partial charge is 0.479 e. The van der Waals surface area contributed by atoms with Crippen LogP contribution >= 0.6 is 0 Å². The number of carboxylic acids is 1. The number of ether oxygens (including phenoxy) is 1. The number of carbonyl (C=O) groups excluding carboxylic acids is 1. The molecule has 0 aliphatic heterocycles. The maximum atomic E-state index is 12.7. The van der Waals surface area contributed by atoms with Crippen LogP contribution in [-0.4, -0.2) is 22.8 Å². The Labute approximate surface area is 125 Å². The second-order valence-electron chi connectivity index (χ2n) is 5.54. The van der Waals surface area contributed by atoms with Crippen LogP contribution in [0.2, 0.25) is 0 Å². The van der Waals surface area contributed by atoms with E-state index in [1.165, 1.54) is 6.07 Å². The highest BCUT2D eigenvalue weighted by Crippen LogP contribution is 2.30. The predicted molar refractivity (Wildman–Crippen MR) is 71.2 cm³/mol. The molecular formula is C14H16F3NO4. The van der Waals surface area contributed by atoms with Gasteiger partial charge in [-0.15, -0.1) is 0 Å². The number of nitrogens with one attached hydrogen (secondary N) is 1. The zero-order valence-electron chi connectivity index (χ0n) is 12.2. The number of carbonyl (C=O) groups is 2. The Kier molecular flexibility index (Phi) is 5.05. The fraction of sp³-hybridized carbons (Fsp3) is 0.429. The SMILES string of the molecule is CC(C)(C)OC(=O)N[C@@H](C(=O)O)c1cccc(C(F)(F)F)c1. The molecule has 1 amide bonds. The fourth-order valence-electron chi connectivity index (χ4n) is 1.61. The van der Waals surface area contributed by atoms with E-state index in [4.69, 9.17) is 9.84 Å². The quantitative estimate of drug-likeness (QED) is 0.896. The fourth-order valence-corrected chi connectivity index (χ4v) is 1.61. The lowest BCUT2D eigenvalue weighted by molar-refractivity contribution is -0.140. The minimum atomic E-state index is -4.61. The van der Waals surface area contributed by atoms with Crippen molar-refractivity contribution in [2.75, 3.05) is 0 Å². The van der Waals surface area contributed by atoms with Crippen LogP contribution in [0.4, 0.5) is 18.0 Å². The smallest absolute Gasteiger partial charge is 0.416 e. The lowest BCUT2D eigenvalue weighted by atomic mass is 10.0. The van der Waals surface area contributed by atoms with Crippen molar-refractivity contribution in [2.24, 2.45) is 0 Å². The molecule has 0 heterocycles. The van der Waals surface area contributed by atoms with Gasteiger partial charge in [-0.3, -0.25) is 0 Å². The first-order chi connectivity index (χ1) is 9.90. The van der Waals surface area contributed by atoms with E-state index in [9.17, 15) is 22.8 Å². The molecule has 1 aromatic carbocycles. The van der Waals surface area contributed by atoms with Crippen molar-refractivity contribution < 1.29 is 32.6 Å². The van der Waals surface area contributed by atoms with Gasteiger partial charge in [0.2, 0.25) is 0 Å². The number of alkyl halides is 3. The normalized spacial score (nSPS) is 13.4. The van der Waals surface area contributed by atoms with Crippen LogP contribution in [0, 0.1) is 0 Å². The van der Waals surface area contributed by atoms with Gasteiger partial charge in [0, 0.05) is 0 Å². The molecule has 0 saturated heterocycles. The zero-order chi connectivity index (χ0) is 17.1. The summed E-state index contributed by atoms with van der Waals surface area (Å²) in [6.07, 6.45) is -5.64. The van der Waals surface area contributed by atoms with Crippen molar-refractivity contribution >= 4 is 12.1 Å². The zero-order valence-corrected chi connectivity index (χ0v) is 12.2. The minimum Gasteiger partial charge on any atom is -0.479 e. The lowest BCUT2D eigenvalue weighted by Crippen LogP contribution is -2.38. The molecule has 22 heavy (non-hydrogen) atoms. The Balaban J connectivity index is 3.02. The number of carboxylic acid groups (broad SMARTS) is 1. The van der Waals surface area contributed by atoms with E-state index in [1.54, 1.807) is 20.8 Å². The number of rotatable bonds is 3. The molecule has 1 rings (SSSR count). The summed E-state index contributed by atoms with van der Waals surface area (Å²) in [6.45, 7) is 4.73. The summed E-state index contributed by atoms with van der Waals surface area (Å²) in [6, 6.07) is 2.11. The van der Waals surface area contributed by atoms with Crippen LogP contribution in [0.15, 0.2) is 24.3 Å². The van der Waals surface area contributed by atoms with Crippen molar-refractivity contribution in [3.8, 4) is 0 Å². The van der Waals surface area contributed by atoms with E-state index in [2.05, 4.69) is 0 Å². The van der Waals surface area contributed by atoms with Gasteiger partial charge in [-0.2, -0.15) is 13.2 Å². The molecule has 0 aliphatic rings. The average molecular weight is 319 g/mol. The summed E-state index contributed by atoms with van der Waals surface area (Å²) in [5, 5.41) is 11.2. The highest BCUT2D eigenvalue weighted by molar-refractivity contribution is 5.81. The maximum absolute atomic E-state index is 12.7. The van der Waals surface area contributed by atoms with Gasteiger partial charge in [0.1, 0.15) is 5.60 Å². The van der Waals surface area contributed by atoms with Gasteiger partial charge in [-0.1, -0.05) is 12.1 Å². The molecule has 0 aromatic heterocycles. The Bertz CT molecular complexity index is 564. The van der Waals surface area contributed by atoms with Crippen LogP contribution in [0.1, 0.15) is 37.9 Å². The lowest BCUT2D eigenvalue weighted by Gasteiger charge is -2.22. The van der Waals surface area contributed by atoms with E-state index in [0.29, 0.717) is 6.07 Å². The molecular weight excluding hydrogens is 303 g/mol. The Morgan fingerprint density at radius 3 is 2.27 bits per heavy atom. The first kappa shape index (κ1) is 17.8. The highest BCUT2D eigenvalue weighted by Gasteiger charge is 2.32. The topological polar surface area (TPSA) is 75.6 Å². The predicted octanol–water partition coefficient (Wildman–Crippen LogP) is 3.36. The summed E-state index contributed by atoms with van der Waals surface area (Å²) in [4.78, 5) is 22.8. The molecule has 0 unspecified atom stereocenters. The molecule has 0 fully saturated rings. The van der Waals surface area contributed by atoms with Crippen LogP contribution in [0.3, 0.4) is 0 Å². The molecule has 8 heteroatoms. The first-order valence-electron chi connectivity index (χ1n) is 6.29. The van der Waals surface area contributed by atoms with Gasteiger partial charge in [-0.05, 0) is 38.5 Å². The molecule has 0 bridgehead atoms.